The molecule has 2 aromatic heterocycles. The van der Waals surface area contributed by atoms with Crippen LogP contribution in [0.1, 0.15) is 26.6 Å². The predicted octanol–water partition coefficient (Wildman–Crippen LogP) is 2.52. The van der Waals surface area contributed by atoms with Crippen LogP contribution in [0.3, 0.4) is 0 Å². The maximum Gasteiger partial charge on any atom is 0.289 e. The van der Waals surface area contributed by atoms with Crippen molar-refractivity contribution in [2.75, 3.05) is 31.5 Å². The molecule has 1 fully saturated rings. The SMILES string of the molecule is O=C(Cc1ccccc1)Nc1nc(C(=O)N2CCN(C(=O)c3ccco3)CC2)cs1. The number of rotatable bonds is 5. The third kappa shape index (κ3) is 4.57. The van der Waals surface area contributed by atoms with Gasteiger partial charge in [-0.3, -0.25) is 14.4 Å². The summed E-state index contributed by atoms with van der Waals surface area (Å²) in [6.45, 7) is 1.68. The van der Waals surface area contributed by atoms with E-state index in [2.05, 4.69) is 10.3 Å². The summed E-state index contributed by atoms with van der Waals surface area (Å²) in [4.78, 5) is 44.8. The molecule has 1 saturated heterocycles. The van der Waals surface area contributed by atoms with Crippen molar-refractivity contribution in [2.45, 2.75) is 6.42 Å². The predicted molar refractivity (Wildman–Crippen MR) is 111 cm³/mol. The van der Waals surface area contributed by atoms with Crippen molar-refractivity contribution in [2.24, 2.45) is 0 Å². The third-order valence-corrected chi connectivity index (χ3v) is 5.52. The van der Waals surface area contributed by atoms with Gasteiger partial charge < -0.3 is 19.5 Å². The molecule has 154 valence electrons. The van der Waals surface area contributed by atoms with E-state index in [1.807, 2.05) is 30.3 Å². The quantitative estimate of drug-likeness (QED) is 0.679. The van der Waals surface area contributed by atoms with Crippen LogP contribution < -0.4 is 5.32 Å². The van der Waals surface area contributed by atoms with E-state index in [0.29, 0.717) is 42.8 Å². The summed E-state index contributed by atoms with van der Waals surface area (Å²) in [5.41, 5.74) is 1.20. The minimum absolute atomic E-state index is 0.177. The van der Waals surface area contributed by atoms with Crippen LogP contribution in [0, 0.1) is 0 Å². The monoisotopic (exact) mass is 424 g/mol. The minimum atomic E-state index is -0.208. The third-order valence-electron chi connectivity index (χ3n) is 4.76. The van der Waals surface area contributed by atoms with Gasteiger partial charge in [-0.15, -0.1) is 11.3 Å². The van der Waals surface area contributed by atoms with Gasteiger partial charge in [0.25, 0.3) is 11.8 Å². The first kappa shape index (κ1) is 19.8. The zero-order valence-electron chi connectivity index (χ0n) is 16.1. The summed E-state index contributed by atoms with van der Waals surface area (Å²) in [6, 6.07) is 12.7. The Morgan fingerprint density at radius 2 is 1.67 bits per heavy atom. The second-order valence-electron chi connectivity index (χ2n) is 6.81. The molecule has 1 aliphatic heterocycles. The first-order valence-corrected chi connectivity index (χ1v) is 10.4. The van der Waals surface area contributed by atoms with E-state index in [4.69, 9.17) is 4.42 Å². The van der Waals surface area contributed by atoms with Gasteiger partial charge in [-0.05, 0) is 17.7 Å². The number of piperazine rings is 1. The Labute approximate surface area is 177 Å². The number of thiazole rings is 1. The fraction of sp³-hybridized carbons (Fsp3) is 0.238. The van der Waals surface area contributed by atoms with Crippen LogP contribution in [-0.2, 0) is 11.2 Å². The number of amides is 3. The molecule has 1 aliphatic rings. The zero-order valence-corrected chi connectivity index (χ0v) is 16.9. The summed E-state index contributed by atoms with van der Waals surface area (Å²) in [7, 11) is 0. The highest BCUT2D eigenvalue weighted by atomic mass is 32.1. The molecular formula is C21H20N4O4S. The van der Waals surface area contributed by atoms with Crippen molar-refractivity contribution < 1.29 is 18.8 Å². The molecule has 0 unspecified atom stereocenters. The van der Waals surface area contributed by atoms with Crippen LogP contribution >= 0.6 is 11.3 Å². The maximum atomic E-state index is 12.7. The number of carbonyl (C=O) groups is 3. The Bertz CT molecular complexity index is 1020. The smallest absolute Gasteiger partial charge is 0.289 e. The number of hydrogen-bond donors (Lipinski definition) is 1. The van der Waals surface area contributed by atoms with Crippen LogP contribution in [0.25, 0.3) is 0 Å². The van der Waals surface area contributed by atoms with Crippen LogP contribution in [0.4, 0.5) is 5.13 Å². The lowest BCUT2D eigenvalue weighted by Crippen LogP contribution is -2.50. The Hall–Kier alpha value is -3.46. The first-order valence-electron chi connectivity index (χ1n) is 9.51. The average Bonchev–Trinajstić information content (AvgIpc) is 3.46. The number of hydrogen-bond acceptors (Lipinski definition) is 6. The van der Waals surface area contributed by atoms with Gasteiger partial charge in [-0.1, -0.05) is 30.3 Å². The van der Waals surface area contributed by atoms with Crippen molar-refractivity contribution in [1.82, 2.24) is 14.8 Å². The molecule has 0 bridgehead atoms. The van der Waals surface area contributed by atoms with Gasteiger partial charge in [-0.2, -0.15) is 0 Å². The van der Waals surface area contributed by atoms with Crippen LogP contribution in [-0.4, -0.2) is 58.7 Å². The summed E-state index contributed by atoms with van der Waals surface area (Å²) in [6.07, 6.45) is 1.71. The Balaban J connectivity index is 1.30. The molecular weight excluding hydrogens is 404 g/mol. The van der Waals surface area contributed by atoms with Crippen LogP contribution in [0.2, 0.25) is 0 Å². The van der Waals surface area contributed by atoms with Gasteiger partial charge in [0.05, 0.1) is 12.7 Å². The molecule has 0 spiro atoms. The van der Waals surface area contributed by atoms with Crippen LogP contribution in [0.5, 0.6) is 0 Å². The van der Waals surface area contributed by atoms with E-state index >= 15 is 0 Å². The van der Waals surface area contributed by atoms with Gasteiger partial charge in [0.15, 0.2) is 10.9 Å². The summed E-state index contributed by atoms with van der Waals surface area (Å²) in [5, 5.41) is 4.77. The highest BCUT2D eigenvalue weighted by Crippen LogP contribution is 2.18. The summed E-state index contributed by atoms with van der Waals surface area (Å²) >= 11 is 1.22. The highest BCUT2D eigenvalue weighted by Gasteiger charge is 2.27. The minimum Gasteiger partial charge on any atom is -0.459 e. The Morgan fingerprint density at radius 1 is 0.967 bits per heavy atom. The van der Waals surface area contributed by atoms with E-state index in [1.165, 1.54) is 17.6 Å². The molecule has 4 rings (SSSR count). The van der Waals surface area contributed by atoms with Crippen LogP contribution in [0.15, 0.2) is 58.5 Å². The number of anilines is 1. The number of aromatic nitrogens is 1. The number of nitrogens with zero attached hydrogens (tertiary/aromatic N) is 3. The van der Waals surface area contributed by atoms with Crippen molar-refractivity contribution in [3.63, 3.8) is 0 Å². The van der Waals surface area contributed by atoms with E-state index in [0.717, 1.165) is 5.56 Å². The number of furan rings is 1. The lowest BCUT2D eigenvalue weighted by atomic mass is 10.1. The molecule has 0 saturated carbocycles. The molecule has 3 amide bonds. The topological polar surface area (TPSA) is 95.8 Å². The van der Waals surface area contributed by atoms with E-state index in [9.17, 15) is 14.4 Å². The number of benzene rings is 1. The van der Waals surface area contributed by atoms with Gasteiger partial charge in [-0.25, -0.2) is 4.98 Å². The molecule has 8 nitrogen and oxygen atoms in total. The van der Waals surface area contributed by atoms with E-state index < -0.39 is 0 Å². The molecule has 1 aromatic carbocycles. The highest BCUT2D eigenvalue weighted by molar-refractivity contribution is 7.14. The molecule has 9 heteroatoms. The zero-order chi connectivity index (χ0) is 20.9. The molecule has 30 heavy (non-hydrogen) atoms. The van der Waals surface area contributed by atoms with Crippen molar-refractivity contribution in [3.8, 4) is 0 Å². The van der Waals surface area contributed by atoms with Gasteiger partial charge >= 0.3 is 0 Å². The fourth-order valence-electron chi connectivity index (χ4n) is 3.20. The molecule has 0 atom stereocenters. The van der Waals surface area contributed by atoms with E-state index in [-0.39, 0.29) is 24.1 Å². The molecule has 3 heterocycles. The van der Waals surface area contributed by atoms with E-state index in [1.54, 1.807) is 27.3 Å². The Kier molecular flexibility index (Phi) is 5.89. The maximum absolute atomic E-state index is 12.7. The molecule has 0 radical (unpaired) electrons. The number of carbonyl (C=O) groups excluding carboxylic acids is 3. The normalized spacial score (nSPS) is 13.9. The molecule has 1 N–H and O–H groups in total. The van der Waals surface area contributed by atoms with Gasteiger partial charge in [0.2, 0.25) is 5.91 Å². The van der Waals surface area contributed by atoms with Crippen molar-refractivity contribution in [1.29, 1.82) is 0 Å². The van der Waals surface area contributed by atoms with Gasteiger partial charge in [0, 0.05) is 31.6 Å². The fourth-order valence-corrected chi connectivity index (χ4v) is 3.91. The first-order chi connectivity index (χ1) is 14.6. The molecule has 0 aliphatic carbocycles. The van der Waals surface area contributed by atoms with Crippen molar-refractivity contribution >= 4 is 34.2 Å². The summed E-state index contributed by atoms with van der Waals surface area (Å²) < 4.78 is 5.15. The second kappa shape index (κ2) is 8.91. The standard InChI is InChI=1S/C21H20N4O4S/c26-18(13-15-5-2-1-3-6-15)23-21-22-16(14-30-21)19(27)24-8-10-25(11-9-24)20(28)17-7-4-12-29-17/h1-7,12,14H,8-11,13H2,(H,22,23,26). The van der Waals surface area contributed by atoms with Gasteiger partial charge in [0.1, 0.15) is 5.69 Å². The average molecular weight is 424 g/mol. The number of nitrogens with one attached hydrogen (secondary N) is 1. The summed E-state index contributed by atoms with van der Waals surface area (Å²) in [5.74, 6) is -0.270. The lowest BCUT2D eigenvalue weighted by molar-refractivity contribution is -0.115. The lowest BCUT2D eigenvalue weighted by Gasteiger charge is -2.33. The molecule has 3 aromatic rings. The Morgan fingerprint density at radius 3 is 2.33 bits per heavy atom. The largest absolute Gasteiger partial charge is 0.459 e. The van der Waals surface area contributed by atoms with Crippen molar-refractivity contribution in [3.05, 3.63) is 71.1 Å². The second-order valence-corrected chi connectivity index (χ2v) is 7.67.